The highest BCUT2D eigenvalue weighted by molar-refractivity contribution is 9.10. The van der Waals surface area contributed by atoms with E-state index in [4.69, 9.17) is 17.3 Å². The third-order valence-corrected chi connectivity index (χ3v) is 6.96. The van der Waals surface area contributed by atoms with Gasteiger partial charge in [0.05, 0.1) is 5.02 Å². The first-order valence-corrected chi connectivity index (χ1v) is 9.25. The number of hydrogen-bond acceptors (Lipinski definition) is 3. The fourth-order valence-electron chi connectivity index (χ4n) is 2.62. The lowest BCUT2D eigenvalue weighted by Gasteiger charge is -2.35. The van der Waals surface area contributed by atoms with Crippen LogP contribution in [0.4, 0.5) is 0 Å². The summed E-state index contributed by atoms with van der Waals surface area (Å²) in [5.41, 5.74) is 5.61. The third-order valence-electron chi connectivity index (χ3n) is 3.56. The molecule has 1 atom stereocenters. The Morgan fingerprint density at radius 3 is 2.80 bits per heavy atom. The molecule has 0 aliphatic carbocycles. The molecular weight excluding hydrogens is 364 g/mol. The molecular formula is C13H18BrClN2O2S. The molecule has 1 aromatic rings. The molecule has 2 N–H and O–H groups in total. The molecule has 1 unspecified atom stereocenters. The monoisotopic (exact) mass is 380 g/mol. The van der Waals surface area contributed by atoms with Gasteiger partial charge in [0, 0.05) is 17.1 Å². The van der Waals surface area contributed by atoms with Crippen molar-refractivity contribution < 1.29 is 8.42 Å². The van der Waals surface area contributed by atoms with E-state index in [0.29, 0.717) is 24.0 Å². The number of halogens is 2. The van der Waals surface area contributed by atoms with E-state index in [1.54, 1.807) is 22.5 Å². The van der Waals surface area contributed by atoms with Crippen molar-refractivity contribution in [1.29, 1.82) is 0 Å². The van der Waals surface area contributed by atoms with Crippen LogP contribution in [0.25, 0.3) is 0 Å². The summed E-state index contributed by atoms with van der Waals surface area (Å²) in [7, 11) is -3.60. The zero-order chi connectivity index (χ0) is 14.8. The second kappa shape index (κ2) is 6.75. The molecule has 1 aliphatic rings. The molecule has 1 aromatic carbocycles. The van der Waals surface area contributed by atoms with Gasteiger partial charge >= 0.3 is 0 Å². The lowest BCUT2D eigenvalue weighted by atomic mass is 10.0. The molecule has 0 bridgehead atoms. The van der Waals surface area contributed by atoms with E-state index in [1.807, 2.05) is 0 Å². The standard InChI is InChI=1S/C13H18BrClN2O2S/c14-11-5-3-6-12(15)13(11)20(18,19)17-9-2-1-4-10(17)7-8-16/h3,5-6,10H,1-2,4,7-9,16H2. The molecule has 0 spiro atoms. The van der Waals surface area contributed by atoms with Crippen LogP contribution in [0.5, 0.6) is 0 Å². The minimum atomic E-state index is -3.60. The van der Waals surface area contributed by atoms with Crippen LogP contribution in [0.3, 0.4) is 0 Å². The molecule has 4 nitrogen and oxygen atoms in total. The largest absolute Gasteiger partial charge is 0.330 e. The van der Waals surface area contributed by atoms with Gasteiger partial charge in [-0.25, -0.2) is 8.42 Å². The van der Waals surface area contributed by atoms with Crippen LogP contribution in [-0.4, -0.2) is 31.9 Å². The Morgan fingerprint density at radius 1 is 1.40 bits per heavy atom. The number of piperidine rings is 1. The van der Waals surface area contributed by atoms with Gasteiger partial charge in [0.25, 0.3) is 0 Å². The molecule has 20 heavy (non-hydrogen) atoms. The van der Waals surface area contributed by atoms with Gasteiger partial charge in [-0.2, -0.15) is 4.31 Å². The van der Waals surface area contributed by atoms with E-state index in [0.717, 1.165) is 19.3 Å². The average Bonchev–Trinajstić information content (AvgIpc) is 2.39. The Balaban J connectivity index is 2.42. The predicted octanol–water partition coefficient (Wildman–Crippen LogP) is 2.99. The van der Waals surface area contributed by atoms with Crippen LogP contribution in [0.2, 0.25) is 5.02 Å². The van der Waals surface area contributed by atoms with Gasteiger partial charge in [0.2, 0.25) is 10.0 Å². The van der Waals surface area contributed by atoms with Crippen LogP contribution in [-0.2, 0) is 10.0 Å². The van der Waals surface area contributed by atoms with E-state index in [1.165, 1.54) is 0 Å². The quantitative estimate of drug-likeness (QED) is 0.872. The first-order valence-electron chi connectivity index (χ1n) is 6.64. The molecule has 7 heteroatoms. The molecule has 1 fully saturated rings. The summed E-state index contributed by atoms with van der Waals surface area (Å²) in [5, 5.41) is 0.247. The first kappa shape index (κ1) is 16.2. The molecule has 2 rings (SSSR count). The highest BCUT2D eigenvalue weighted by Gasteiger charge is 2.35. The van der Waals surface area contributed by atoms with E-state index in [9.17, 15) is 8.42 Å². The first-order chi connectivity index (χ1) is 9.48. The Labute approximate surface area is 133 Å². The number of hydrogen-bond donors (Lipinski definition) is 1. The maximum absolute atomic E-state index is 12.9. The molecule has 1 aliphatic heterocycles. The zero-order valence-corrected chi connectivity index (χ0v) is 14.2. The van der Waals surface area contributed by atoms with Crippen molar-refractivity contribution in [2.45, 2.75) is 36.6 Å². The smallest absolute Gasteiger partial charge is 0.245 e. The van der Waals surface area contributed by atoms with Crippen LogP contribution in [0.15, 0.2) is 27.6 Å². The van der Waals surface area contributed by atoms with E-state index >= 15 is 0 Å². The van der Waals surface area contributed by atoms with Crippen molar-refractivity contribution in [3.05, 3.63) is 27.7 Å². The molecule has 0 aromatic heterocycles. The Morgan fingerprint density at radius 2 is 2.15 bits per heavy atom. The molecule has 1 saturated heterocycles. The van der Waals surface area contributed by atoms with Crippen molar-refractivity contribution in [2.75, 3.05) is 13.1 Å². The lowest BCUT2D eigenvalue weighted by Crippen LogP contribution is -2.44. The van der Waals surface area contributed by atoms with Gasteiger partial charge < -0.3 is 5.73 Å². The number of sulfonamides is 1. The summed E-state index contributed by atoms with van der Waals surface area (Å²) in [6.45, 7) is 1.02. The van der Waals surface area contributed by atoms with Crippen LogP contribution < -0.4 is 5.73 Å². The molecule has 1 heterocycles. The highest BCUT2D eigenvalue weighted by atomic mass is 79.9. The number of nitrogens with two attached hydrogens (primary N) is 1. The topological polar surface area (TPSA) is 63.4 Å². The van der Waals surface area contributed by atoms with E-state index in [-0.39, 0.29) is 16.0 Å². The van der Waals surface area contributed by atoms with Crippen molar-refractivity contribution >= 4 is 37.6 Å². The third kappa shape index (κ3) is 3.20. The summed E-state index contributed by atoms with van der Waals surface area (Å²) in [6, 6.07) is 4.99. The summed E-state index contributed by atoms with van der Waals surface area (Å²) in [4.78, 5) is 0.158. The maximum atomic E-state index is 12.9. The number of benzene rings is 1. The van der Waals surface area contributed by atoms with Gasteiger partial charge in [-0.05, 0) is 53.9 Å². The normalized spacial score (nSPS) is 21.1. The van der Waals surface area contributed by atoms with Gasteiger partial charge in [0.1, 0.15) is 4.90 Å². The zero-order valence-electron chi connectivity index (χ0n) is 11.1. The second-order valence-electron chi connectivity index (χ2n) is 4.89. The van der Waals surface area contributed by atoms with Crippen molar-refractivity contribution in [3.8, 4) is 0 Å². The maximum Gasteiger partial charge on any atom is 0.245 e. The summed E-state index contributed by atoms with van der Waals surface area (Å²) < 4.78 is 27.8. The lowest BCUT2D eigenvalue weighted by molar-refractivity contribution is 0.243. The van der Waals surface area contributed by atoms with Crippen molar-refractivity contribution in [1.82, 2.24) is 4.31 Å². The molecule has 0 amide bonds. The number of nitrogens with zero attached hydrogens (tertiary/aromatic N) is 1. The van der Waals surface area contributed by atoms with Crippen molar-refractivity contribution in [3.63, 3.8) is 0 Å². The minimum absolute atomic E-state index is 0.0260. The minimum Gasteiger partial charge on any atom is -0.330 e. The number of rotatable bonds is 4. The summed E-state index contributed by atoms with van der Waals surface area (Å²) in [5.74, 6) is 0. The van der Waals surface area contributed by atoms with Gasteiger partial charge in [-0.15, -0.1) is 0 Å². The van der Waals surface area contributed by atoms with Crippen LogP contribution in [0, 0.1) is 0 Å². The molecule has 0 saturated carbocycles. The fraction of sp³-hybridized carbons (Fsp3) is 0.538. The molecule has 112 valence electrons. The SMILES string of the molecule is NCCC1CCCCN1S(=O)(=O)c1c(Cl)cccc1Br. The van der Waals surface area contributed by atoms with Gasteiger partial charge in [-0.3, -0.25) is 0 Å². The van der Waals surface area contributed by atoms with Crippen LogP contribution in [0.1, 0.15) is 25.7 Å². The van der Waals surface area contributed by atoms with Crippen LogP contribution >= 0.6 is 27.5 Å². The van der Waals surface area contributed by atoms with Crippen molar-refractivity contribution in [2.24, 2.45) is 5.73 Å². The second-order valence-corrected chi connectivity index (χ2v) is 7.98. The van der Waals surface area contributed by atoms with E-state index in [2.05, 4.69) is 15.9 Å². The predicted molar refractivity (Wildman–Crippen MR) is 84.4 cm³/mol. The average molecular weight is 382 g/mol. The van der Waals surface area contributed by atoms with Gasteiger partial charge in [-0.1, -0.05) is 24.1 Å². The summed E-state index contributed by atoms with van der Waals surface area (Å²) in [6.07, 6.45) is 3.46. The van der Waals surface area contributed by atoms with E-state index < -0.39 is 10.0 Å². The Bertz CT molecular complexity index is 557. The fourth-order valence-corrected chi connectivity index (χ4v) is 6.01. The Hall–Kier alpha value is -0.140. The van der Waals surface area contributed by atoms with Gasteiger partial charge in [0.15, 0.2) is 0 Å². The summed E-state index contributed by atoms with van der Waals surface area (Å²) >= 11 is 9.39. The Kier molecular flexibility index (Phi) is 5.48. The highest BCUT2D eigenvalue weighted by Crippen LogP contribution is 2.35. The molecule has 0 radical (unpaired) electrons.